The van der Waals surface area contributed by atoms with E-state index in [1.54, 1.807) is 32.3 Å². The lowest BCUT2D eigenvalue weighted by molar-refractivity contribution is -0.181. The Balaban J connectivity index is 1.99. The minimum Gasteiger partial charge on any atom is -0.390 e. The molecule has 30 heavy (non-hydrogen) atoms. The third kappa shape index (κ3) is 3.77. The lowest BCUT2D eigenvalue weighted by Crippen LogP contribution is -2.37. The monoisotopic (exact) mass is 420 g/mol. The summed E-state index contributed by atoms with van der Waals surface area (Å²) in [6.45, 7) is 3.62. The summed E-state index contributed by atoms with van der Waals surface area (Å²) in [6, 6.07) is 7.27. The van der Waals surface area contributed by atoms with E-state index in [0.29, 0.717) is 16.6 Å². The average molecular weight is 420 g/mol. The Morgan fingerprint density at radius 3 is 2.57 bits per heavy atom. The number of alkyl halides is 3. The normalized spacial score (nSPS) is 13.5. The zero-order valence-electron chi connectivity index (χ0n) is 17.1. The van der Waals surface area contributed by atoms with Crippen LogP contribution in [0.5, 0.6) is 0 Å². The maximum absolute atomic E-state index is 13.5. The third-order valence-electron chi connectivity index (χ3n) is 5.37. The molecule has 160 valence electrons. The second-order valence-electron chi connectivity index (χ2n) is 7.72. The Bertz CT molecular complexity index is 1090. The van der Waals surface area contributed by atoms with Gasteiger partial charge in [0.25, 0.3) is 5.91 Å². The highest BCUT2D eigenvalue weighted by Crippen LogP contribution is 2.40. The smallest absolute Gasteiger partial charge is 0.390 e. The summed E-state index contributed by atoms with van der Waals surface area (Å²) in [6.07, 6.45) is -2.93. The molecule has 0 radical (unpaired) electrons. The number of nitrogens with one attached hydrogen (secondary N) is 1. The van der Waals surface area contributed by atoms with Gasteiger partial charge in [-0.3, -0.25) is 14.5 Å². The van der Waals surface area contributed by atoms with Gasteiger partial charge in [0.2, 0.25) is 0 Å². The Hall–Kier alpha value is -2.94. The van der Waals surface area contributed by atoms with E-state index < -0.39 is 23.5 Å². The summed E-state index contributed by atoms with van der Waals surface area (Å²) in [5.41, 5.74) is -0.734. The second kappa shape index (κ2) is 7.71. The summed E-state index contributed by atoms with van der Waals surface area (Å²) in [5.74, 6) is -0.477. The molecule has 2 heterocycles. The molecule has 0 aliphatic heterocycles. The molecular formula is C21H23F3N4O2. The number of hydrogen-bond donors (Lipinski definition) is 2. The van der Waals surface area contributed by atoms with E-state index in [2.05, 4.69) is 15.4 Å². The van der Waals surface area contributed by atoms with Crippen molar-refractivity contribution in [1.29, 1.82) is 0 Å². The highest BCUT2D eigenvalue weighted by Gasteiger charge is 2.49. The molecule has 3 rings (SSSR count). The van der Waals surface area contributed by atoms with Crippen molar-refractivity contribution in [1.82, 2.24) is 20.1 Å². The van der Waals surface area contributed by atoms with Crippen molar-refractivity contribution in [2.24, 2.45) is 7.05 Å². The van der Waals surface area contributed by atoms with Crippen molar-refractivity contribution in [2.75, 3.05) is 0 Å². The van der Waals surface area contributed by atoms with Crippen LogP contribution in [-0.4, -0.2) is 32.0 Å². The molecule has 0 saturated carbocycles. The molecule has 3 aromatic rings. The minimum atomic E-state index is -4.49. The lowest BCUT2D eigenvalue weighted by atomic mass is 9.87. The Morgan fingerprint density at radius 1 is 1.23 bits per heavy atom. The number of halogens is 3. The van der Waals surface area contributed by atoms with Crippen molar-refractivity contribution in [3.8, 4) is 0 Å². The number of benzene rings is 1. The summed E-state index contributed by atoms with van der Waals surface area (Å²) < 4.78 is 41.9. The zero-order chi connectivity index (χ0) is 22.3. The first-order valence-electron chi connectivity index (χ1n) is 9.37. The van der Waals surface area contributed by atoms with Gasteiger partial charge in [-0.05, 0) is 32.9 Å². The fraction of sp³-hybridized carbons (Fsp3) is 0.381. The Kier molecular flexibility index (Phi) is 5.60. The molecule has 6 nitrogen and oxygen atoms in total. The molecule has 1 atom stereocenters. The Morgan fingerprint density at radius 2 is 1.93 bits per heavy atom. The number of nitrogens with zero attached hydrogens (tertiary/aromatic N) is 3. The van der Waals surface area contributed by atoms with Crippen LogP contribution in [0.2, 0.25) is 0 Å². The maximum atomic E-state index is 13.5. The summed E-state index contributed by atoms with van der Waals surface area (Å²) >= 11 is 0. The van der Waals surface area contributed by atoms with Gasteiger partial charge in [0.1, 0.15) is 5.41 Å². The molecule has 2 N–H and O–H groups in total. The molecule has 1 aromatic carbocycles. The van der Waals surface area contributed by atoms with Crippen LogP contribution in [0.4, 0.5) is 13.2 Å². The first-order valence-corrected chi connectivity index (χ1v) is 9.37. The molecule has 0 fully saturated rings. The van der Waals surface area contributed by atoms with E-state index in [1.807, 2.05) is 0 Å². The van der Waals surface area contributed by atoms with E-state index >= 15 is 0 Å². The zero-order valence-corrected chi connectivity index (χ0v) is 17.1. The van der Waals surface area contributed by atoms with E-state index in [9.17, 15) is 23.1 Å². The number of aromatic nitrogens is 3. The number of carbonyl (C=O) groups excluding carboxylic acids is 1. The number of aryl methyl sites for hydroxylation is 1. The third-order valence-corrected chi connectivity index (χ3v) is 5.37. The number of rotatable bonds is 5. The minimum absolute atomic E-state index is 0.161. The topological polar surface area (TPSA) is 80.0 Å². The van der Waals surface area contributed by atoms with E-state index in [0.717, 1.165) is 13.8 Å². The first-order chi connectivity index (χ1) is 14.0. The van der Waals surface area contributed by atoms with Crippen molar-refractivity contribution >= 4 is 16.8 Å². The van der Waals surface area contributed by atoms with Crippen LogP contribution < -0.4 is 5.32 Å². The lowest BCUT2D eigenvalue weighted by Gasteiger charge is -2.27. The number of fused-ring (bicyclic) bond motifs is 1. The molecule has 1 unspecified atom stereocenters. The summed E-state index contributed by atoms with van der Waals surface area (Å²) in [7, 11) is 1.68. The summed E-state index contributed by atoms with van der Waals surface area (Å²) in [5, 5.41) is 17.0. The van der Waals surface area contributed by atoms with Crippen LogP contribution in [0, 0.1) is 0 Å². The van der Waals surface area contributed by atoms with Gasteiger partial charge in [-0.1, -0.05) is 18.2 Å². The SMILES string of the molecule is CC(NC(=O)c1cccc2ccc(C(C)(C)C(F)(F)F)nc12)c1cnn(C)c1CO. The number of para-hydroxylation sites is 1. The van der Waals surface area contributed by atoms with Crippen molar-refractivity contribution < 1.29 is 23.1 Å². The Labute approximate surface area is 171 Å². The number of amides is 1. The molecule has 0 aliphatic carbocycles. The van der Waals surface area contributed by atoms with Crippen LogP contribution >= 0.6 is 0 Å². The molecule has 1 amide bonds. The maximum Gasteiger partial charge on any atom is 0.399 e. The predicted octanol–water partition coefficient (Wildman–Crippen LogP) is 3.79. The predicted molar refractivity (Wildman–Crippen MR) is 106 cm³/mol. The number of hydrogen-bond acceptors (Lipinski definition) is 4. The summed E-state index contributed by atoms with van der Waals surface area (Å²) in [4.78, 5) is 17.2. The van der Waals surface area contributed by atoms with E-state index in [-0.39, 0.29) is 23.4 Å². The highest BCUT2D eigenvalue weighted by atomic mass is 19.4. The van der Waals surface area contributed by atoms with Crippen LogP contribution in [0.25, 0.3) is 10.9 Å². The largest absolute Gasteiger partial charge is 0.399 e. The molecule has 2 aromatic heterocycles. The van der Waals surface area contributed by atoms with Gasteiger partial charge >= 0.3 is 6.18 Å². The van der Waals surface area contributed by atoms with Crippen LogP contribution in [0.15, 0.2) is 36.5 Å². The van der Waals surface area contributed by atoms with Gasteiger partial charge in [0, 0.05) is 18.0 Å². The second-order valence-corrected chi connectivity index (χ2v) is 7.72. The van der Waals surface area contributed by atoms with Crippen molar-refractivity contribution in [3.05, 3.63) is 59.0 Å². The first kappa shape index (κ1) is 21.8. The number of aliphatic hydroxyl groups excluding tert-OH is 1. The van der Waals surface area contributed by atoms with Gasteiger partial charge in [0.15, 0.2) is 0 Å². The average Bonchev–Trinajstić information content (AvgIpc) is 3.06. The van der Waals surface area contributed by atoms with Crippen LogP contribution in [0.1, 0.15) is 54.1 Å². The molecule has 0 aliphatic rings. The van der Waals surface area contributed by atoms with Gasteiger partial charge in [-0.2, -0.15) is 18.3 Å². The molecule has 9 heteroatoms. The number of aliphatic hydroxyl groups is 1. The quantitative estimate of drug-likeness (QED) is 0.658. The van der Waals surface area contributed by atoms with Gasteiger partial charge < -0.3 is 10.4 Å². The van der Waals surface area contributed by atoms with Crippen LogP contribution in [0.3, 0.4) is 0 Å². The van der Waals surface area contributed by atoms with Crippen LogP contribution in [-0.2, 0) is 19.1 Å². The molecule has 0 saturated heterocycles. The number of pyridine rings is 1. The molecule has 0 bridgehead atoms. The van der Waals surface area contributed by atoms with Gasteiger partial charge in [0.05, 0.1) is 41.3 Å². The van der Waals surface area contributed by atoms with E-state index in [1.165, 1.54) is 22.9 Å². The fourth-order valence-electron chi connectivity index (χ4n) is 3.21. The van der Waals surface area contributed by atoms with Gasteiger partial charge in [-0.25, -0.2) is 0 Å². The standard InChI is InChI=1S/C21H23F3N4O2/c1-12(15-10-25-28(4)16(15)11-29)26-19(30)14-7-5-6-13-8-9-17(27-18(13)14)20(2,3)21(22,23)24/h5-10,12,29H,11H2,1-4H3,(H,26,30). The molecular weight excluding hydrogens is 397 g/mol. The van der Waals surface area contributed by atoms with E-state index in [4.69, 9.17) is 0 Å². The highest BCUT2D eigenvalue weighted by molar-refractivity contribution is 6.05. The fourth-order valence-corrected chi connectivity index (χ4v) is 3.21. The number of carbonyl (C=O) groups is 1. The molecule has 0 spiro atoms. The van der Waals surface area contributed by atoms with Crippen molar-refractivity contribution in [3.63, 3.8) is 0 Å². The van der Waals surface area contributed by atoms with Crippen molar-refractivity contribution in [2.45, 2.75) is 45.0 Å². The van der Waals surface area contributed by atoms with Gasteiger partial charge in [-0.15, -0.1) is 0 Å².